The molecule has 23 heavy (non-hydrogen) atoms. The van der Waals surface area contributed by atoms with E-state index in [9.17, 15) is 13.2 Å². The molecule has 2 rings (SSSR count). The molecule has 0 bridgehead atoms. The third-order valence-electron chi connectivity index (χ3n) is 3.46. The molecule has 0 aliphatic carbocycles. The van der Waals surface area contributed by atoms with Crippen LogP contribution in [-0.2, 0) is 28.5 Å². The number of carbonyl (C=O) groups excluding carboxylic acids is 1. The highest BCUT2D eigenvalue weighted by Gasteiger charge is 2.54. The molecule has 0 aromatic heterocycles. The summed E-state index contributed by atoms with van der Waals surface area (Å²) in [6.07, 6.45) is -0.378. The summed E-state index contributed by atoms with van der Waals surface area (Å²) in [4.78, 5) is 13.8. The van der Waals surface area contributed by atoms with Crippen LogP contribution in [0.3, 0.4) is 0 Å². The van der Waals surface area contributed by atoms with Crippen molar-refractivity contribution in [3.63, 3.8) is 0 Å². The molecule has 2 aliphatic heterocycles. The van der Waals surface area contributed by atoms with Gasteiger partial charge in [0.25, 0.3) is 10.1 Å². The largest absolute Gasteiger partial charge is 0.444 e. The van der Waals surface area contributed by atoms with Crippen molar-refractivity contribution >= 4 is 16.2 Å². The third-order valence-corrected chi connectivity index (χ3v) is 4.02. The molecular formula is C14H25NO7S. The summed E-state index contributed by atoms with van der Waals surface area (Å²) in [5.74, 6) is -0.779. The summed E-state index contributed by atoms with van der Waals surface area (Å²) in [6.45, 7) is 8.91. The molecule has 0 aromatic carbocycles. The van der Waals surface area contributed by atoms with Crippen LogP contribution < -0.4 is 0 Å². The molecule has 2 fully saturated rings. The van der Waals surface area contributed by atoms with Crippen LogP contribution in [0.2, 0.25) is 0 Å². The quantitative estimate of drug-likeness (QED) is 0.703. The normalized spacial score (nSPS) is 30.3. The molecule has 0 saturated carbocycles. The Hall–Kier alpha value is -0.900. The Morgan fingerprint density at radius 2 is 1.91 bits per heavy atom. The van der Waals surface area contributed by atoms with Gasteiger partial charge in [0, 0.05) is 0 Å². The molecule has 1 amide bonds. The summed E-state index contributed by atoms with van der Waals surface area (Å²) in [5, 5.41) is 0. The maximum Gasteiger partial charge on any atom is 0.410 e. The lowest BCUT2D eigenvalue weighted by atomic mass is 10.1. The number of hydrogen-bond donors (Lipinski definition) is 0. The van der Waals surface area contributed by atoms with E-state index in [1.807, 2.05) is 0 Å². The zero-order valence-corrected chi connectivity index (χ0v) is 15.2. The van der Waals surface area contributed by atoms with Gasteiger partial charge in [-0.2, -0.15) is 8.42 Å². The van der Waals surface area contributed by atoms with Crippen LogP contribution in [0.25, 0.3) is 0 Å². The summed E-state index contributed by atoms with van der Waals surface area (Å²) in [5.41, 5.74) is -0.655. The first-order valence-corrected chi connectivity index (χ1v) is 9.29. The van der Waals surface area contributed by atoms with Crippen molar-refractivity contribution in [1.82, 2.24) is 4.90 Å². The second kappa shape index (κ2) is 5.87. The lowest BCUT2D eigenvalue weighted by molar-refractivity contribution is -0.161. The highest BCUT2D eigenvalue weighted by molar-refractivity contribution is 7.85. The van der Waals surface area contributed by atoms with Gasteiger partial charge < -0.3 is 14.2 Å². The van der Waals surface area contributed by atoms with E-state index in [-0.39, 0.29) is 19.3 Å². The van der Waals surface area contributed by atoms with Crippen LogP contribution in [0, 0.1) is 0 Å². The standard InChI is InChI=1S/C14H25NO7S/c1-13(2,3)22-12(16)15-7-10-11(21-14(4,5)20-10)9(15)8-19-23(6,17)18/h9-11H,7-8H2,1-6H3/t9-,10+,11-/m1/s1. The summed E-state index contributed by atoms with van der Waals surface area (Å²) >= 11 is 0. The molecule has 0 N–H and O–H groups in total. The molecule has 0 spiro atoms. The van der Waals surface area contributed by atoms with Gasteiger partial charge >= 0.3 is 6.09 Å². The van der Waals surface area contributed by atoms with E-state index in [4.69, 9.17) is 18.4 Å². The molecule has 0 unspecified atom stereocenters. The molecule has 3 atom stereocenters. The van der Waals surface area contributed by atoms with Gasteiger partial charge in [0.1, 0.15) is 17.8 Å². The number of likely N-dealkylation sites (tertiary alicyclic amines) is 1. The summed E-state index contributed by atoms with van der Waals surface area (Å²) in [6, 6.07) is -0.591. The van der Waals surface area contributed by atoms with Crippen LogP contribution in [0.1, 0.15) is 34.6 Å². The predicted molar refractivity (Wildman–Crippen MR) is 81.3 cm³/mol. The Morgan fingerprint density at radius 1 is 1.30 bits per heavy atom. The topological polar surface area (TPSA) is 91.4 Å². The van der Waals surface area contributed by atoms with Crippen molar-refractivity contribution < 1.29 is 31.6 Å². The third kappa shape index (κ3) is 4.79. The fourth-order valence-corrected chi connectivity index (χ4v) is 3.13. The van der Waals surface area contributed by atoms with Crippen LogP contribution in [0.15, 0.2) is 0 Å². The van der Waals surface area contributed by atoms with Gasteiger partial charge in [-0.1, -0.05) is 0 Å². The van der Waals surface area contributed by atoms with Gasteiger partial charge in [-0.15, -0.1) is 0 Å². The minimum Gasteiger partial charge on any atom is -0.444 e. The molecule has 9 heteroatoms. The SMILES string of the molecule is CC(C)(C)OC(=O)N1C[C@@H]2OC(C)(C)O[C@@H]2[C@H]1COS(C)(=O)=O. The van der Waals surface area contributed by atoms with E-state index in [1.165, 1.54) is 4.90 Å². The monoisotopic (exact) mass is 351 g/mol. The molecule has 2 aliphatic rings. The Balaban J connectivity index is 2.16. The van der Waals surface area contributed by atoms with E-state index >= 15 is 0 Å². The highest BCUT2D eigenvalue weighted by Crippen LogP contribution is 2.37. The maximum atomic E-state index is 12.4. The average molecular weight is 351 g/mol. The second-order valence-corrected chi connectivity index (χ2v) is 8.97. The van der Waals surface area contributed by atoms with Gasteiger partial charge in [0.2, 0.25) is 0 Å². The van der Waals surface area contributed by atoms with Crippen molar-refractivity contribution in [2.24, 2.45) is 0 Å². The van der Waals surface area contributed by atoms with E-state index in [1.54, 1.807) is 34.6 Å². The van der Waals surface area contributed by atoms with Gasteiger partial charge in [-0.3, -0.25) is 9.08 Å². The van der Waals surface area contributed by atoms with Crippen molar-refractivity contribution in [3.05, 3.63) is 0 Å². The fourth-order valence-electron chi connectivity index (χ4n) is 2.75. The lowest BCUT2D eigenvalue weighted by Crippen LogP contribution is -2.46. The summed E-state index contributed by atoms with van der Waals surface area (Å²) < 4.78 is 44.4. The zero-order valence-electron chi connectivity index (χ0n) is 14.4. The molecule has 0 radical (unpaired) electrons. The Bertz CT molecular complexity index is 566. The lowest BCUT2D eigenvalue weighted by Gasteiger charge is -2.31. The first-order chi connectivity index (χ1) is 10.3. The van der Waals surface area contributed by atoms with E-state index in [0.717, 1.165) is 6.26 Å². The number of rotatable bonds is 3. The Kier molecular flexibility index (Phi) is 4.71. The molecule has 0 aromatic rings. The predicted octanol–water partition coefficient (Wildman–Crippen LogP) is 1.10. The Labute approximate surface area is 137 Å². The first-order valence-electron chi connectivity index (χ1n) is 7.47. The molecule has 8 nitrogen and oxygen atoms in total. The zero-order chi connectivity index (χ0) is 17.6. The molecule has 2 saturated heterocycles. The van der Waals surface area contributed by atoms with Gasteiger partial charge in [-0.25, -0.2) is 4.79 Å². The van der Waals surface area contributed by atoms with Crippen LogP contribution in [0.5, 0.6) is 0 Å². The first kappa shape index (κ1) is 18.4. The number of hydrogen-bond acceptors (Lipinski definition) is 7. The van der Waals surface area contributed by atoms with Gasteiger partial charge in [-0.05, 0) is 34.6 Å². The summed E-state index contributed by atoms with van der Waals surface area (Å²) in [7, 11) is -3.63. The van der Waals surface area contributed by atoms with Gasteiger partial charge in [0.05, 0.1) is 25.4 Å². The highest BCUT2D eigenvalue weighted by atomic mass is 32.2. The minimum absolute atomic E-state index is 0.196. The van der Waals surface area contributed by atoms with Crippen LogP contribution in [0.4, 0.5) is 4.79 Å². The fraction of sp³-hybridized carbons (Fsp3) is 0.929. The number of fused-ring (bicyclic) bond motifs is 1. The van der Waals surface area contributed by atoms with Crippen molar-refractivity contribution in [3.8, 4) is 0 Å². The number of nitrogens with zero attached hydrogens (tertiary/aromatic N) is 1. The van der Waals surface area contributed by atoms with Crippen molar-refractivity contribution in [2.75, 3.05) is 19.4 Å². The van der Waals surface area contributed by atoms with E-state index in [0.29, 0.717) is 0 Å². The molecule has 134 valence electrons. The van der Waals surface area contributed by atoms with Crippen molar-refractivity contribution in [2.45, 2.75) is 64.3 Å². The number of ether oxygens (including phenoxy) is 3. The molecule has 2 heterocycles. The van der Waals surface area contributed by atoms with Gasteiger partial charge in [0.15, 0.2) is 5.79 Å². The average Bonchev–Trinajstić information content (AvgIpc) is 2.75. The van der Waals surface area contributed by atoms with E-state index in [2.05, 4.69) is 0 Å². The molecular weight excluding hydrogens is 326 g/mol. The Morgan fingerprint density at radius 3 is 2.43 bits per heavy atom. The van der Waals surface area contributed by atoms with Crippen molar-refractivity contribution in [1.29, 1.82) is 0 Å². The van der Waals surface area contributed by atoms with E-state index < -0.39 is 39.7 Å². The maximum absolute atomic E-state index is 12.4. The number of amides is 1. The van der Waals surface area contributed by atoms with Crippen LogP contribution in [-0.4, -0.2) is 68.5 Å². The number of carbonyl (C=O) groups is 1. The minimum atomic E-state index is -3.63. The van der Waals surface area contributed by atoms with Crippen LogP contribution >= 0.6 is 0 Å². The smallest absolute Gasteiger partial charge is 0.410 e. The second-order valence-electron chi connectivity index (χ2n) is 7.33.